The summed E-state index contributed by atoms with van der Waals surface area (Å²) in [5, 5.41) is 16.4. The molecule has 42 heavy (non-hydrogen) atoms. The Morgan fingerprint density at radius 2 is 1.52 bits per heavy atom. The molecule has 0 aliphatic rings. The number of ether oxygens (including phenoxy) is 1. The quantitative estimate of drug-likeness (QED) is 0.118. The average molecular weight is 585 g/mol. The fourth-order valence-electron chi connectivity index (χ4n) is 4.49. The Hall–Kier alpha value is -4.62. The number of hydrogen-bond donors (Lipinski definition) is 3. The first-order valence-electron chi connectivity index (χ1n) is 13.8. The Balaban J connectivity index is 1.27. The van der Waals surface area contributed by atoms with Crippen molar-refractivity contribution in [2.24, 2.45) is 0 Å². The molecule has 0 aliphatic carbocycles. The summed E-state index contributed by atoms with van der Waals surface area (Å²) in [4.78, 5) is 37.6. The first-order chi connectivity index (χ1) is 20.3. The maximum Gasteiger partial charge on any atom is 0.326 e. The van der Waals surface area contributed by atoms with Crippen LogP contribution in [0.4, 0.5) is 5.69 Å². The van der Waals surface area contributed by atoms with Crippen LogP contribution in [0.2, 0.25) is 5.02 Å². The van der Waals surface area contributed by atoms with Gasteiger partial charge in [-0.05, 0) is 54.8 Å². The summed E-state index contributed by atoms with van der Waals surface area (Å²) >= 11 is 6.20. The van der Waals surface area contributed by atoms with E-state index in [0.717, 1.165) is 11.1 Å². The summed E-state index contributed by atoms with van der Waals surface area (Å²) < 4.78 is 5.80. The first kappa shape index (κ1) is 30.3. The normalized spacial score (nSPS) is 12.1. The highest BCUT2D eigenvalue weighted by atomic mass is 35.5. The van der Waals surface area contributed by atoms with Crippen LogP contribution in [0, 0.1) is 0 Å². The summed E-state index contributed by atoms with van der Waals surface area (Å²) in [7, 11) is 0. The summed E-state index contributed by atoms with van der Waals surface area (Å²) in [6.45, 7) is 2.69. The van der Waals surface area contributed by atoms with Gasteiger partial charge >= 0.3 is 5.97 Å². The lowest BCUT2D eigenvalue weighted by Crippen LogP contribution is -2.32. The van der Waals surface area contributed by atoms with Gasteiger partial charge in [0.2, 0.25) is 5.91 Å². The molecule has 4 rings (SSSR count). The van der Waals surface area contributed by atoms with Gasteiger partial charge in [-0.1, -0.05) is 84.4 Å². The summed E-state index contributed by atoms with van der Waals surface area (Å²) in [5.74, 6) is -1.01. The molecule has 216 valence electrons. The van der Waals surface area contributed by atoms with Crippen molar-refractivity contribution in [1.29, 1.82) is 0 Å². The van der Waals surface area contributed by atoms with Crippen LogP contribution in [0.1, 0.15) is 46.3 Å². The van der Waals surface area contributed by atoms with Gasteiger partial charge in [0, 0.05) is 34.8 Å². The molecule has 3 N–H and O–H groups in total. The highest BCUT2D eigenvalue weighted by molar-refractivity contribution is 6.31. The van der Waals surface area contributed by atoms with Crippen molar-refractivity contribution >= 4 is 34.9 Å². The first-order valence-corrected chi connectivity index (χ1v) is 14.1. The third-order valence-electron chi connectivity index (χ3n) is 6.85. The molecule has 4 aromatic rings. The van der Waals surface area contributed by atoms with Crippen LogP contribution in [0.3, 0.4) is 0 Å². The second kappa shape index (κ2) is 14.8. The minimum absolute atomic E-state index is 0.0962. The lowest BCUT2D eigenvalue weighted by Gasteiger charge is -2.18. The Morgan fingerprint density at radius 1 is 0.857 bits per heavy atom. The lowest BCUT2D eigenvalue weighted by atomic mass is 10.00. The molecular formula is C34H33ClN2O5. The third-order valence-corrected chi connectivity index (χ3v) is 7.20. The lowest BCUT2D eigenvalue weighted by molar-refractivity contribution is -0.137. The molecule has 0 aromatic heterocycles. The second-order valence-corrected chi connectivity index (χ2v) is 10.3. The predicted molar refractivity (Wildman–Crippen MR) is 164 cm³/mol. The molecule has 0 saturated carbocycles. The molecule has 0 aliphatic heterocycles. The number of hydrogen-bond acceptors (Lipinski definition) is 5. The summed E-state index contributed by atoms with van der Waals surface area (Å²) in [6, 6.07) is 29.4. The van der Waals surface area contributed by atoms with Gasteiger partial charge < -0.3 is 20.5 Å². The van der Waals surface area contributed by atoms with Crippen molar-refractivity contribution in [1.82, 2.24) is 5.32 Å². The van der Waals surface area contributed by atoms with E-state index in [2.05, 4.69) is 10.6 Å². The number of carboxylic acid groups (broad SMARTS) is 1. The Morgan fingerprint density at radius 3 is 2.24 bits per heavy atom. The zero-order valence-corrected chi connectivity index (χ0v) is 24.0. The van der Waals surface area contributed by atoms with Gasteiger partial charge in [0.05, 0.1) is 12.5 Å². The smallest absolute Gasteiger partial charge is 0.326 e. The Kier molecular flexibility index (Phi) is 10.7. The number of benzene rings is 4. The van der Waals surface area contributed by atoms with Crippen LogP contribution in [0.15, 0.2) is 103 Å². The number of nitrogens with one attached hydrogen (secondary N) is 2. The fourth-order valence-corrected chi connectivity index (χ4v) is 4.79. The Labute approximate surface area is 250 Å². The van der Waals surface area contributed by atoms with Gasteiger partial charge in [0.15, 0.2) is 5.78 Å². The maximum atomic E-state index is 13.0. The molecule has 8 heteroatoms. The van der Waals surface area contributed by atoms with Crippen molar-refractivity contribution in [3.8, 4) is 5.75 Å². The van der Waals surface area contributed by atoms with Crippen molar-refractivity contribution < 1.29 is 24.2 Å². The molecule has 0 radical (unpaired) electrons. The van der Waals surface area contributed by atoms with Crippen molar-refractivity contribution in [2.75, 3.05) is 18.5 Å². The third kappa shape index (κ3) is 8.21. The molecule has 4 aromatic carbocycles. The SMILES string of the molecule is CC(C(=O)NCCCOc1ccc(CC(Nc2ccccc2C(=O)c2ccccc2)C(=O)O)cc1)c1ccccc1Cl. The average Bonchev–Trinajstić information content (AvgIpc) is 3.01. The molecule has 7 nitrogen and oxygen atoms in total. The van der Waals surface area contributed by atoms with E-state index in [4.69, 9.17) is 16.3 Å². The van der Waals surface area contributed by atoms with E-state index in [9.17, 15) is 19.5 Å². The van der Waals surface area contributed by atoms with Gasteiger partial charge in [-0.25, -0.2) is 4.79 Å². The number of rotatable bonds is 14. The number of ketones is 1. The number of aliphatic carboxylic acids is 1. The molecule has 0 bridgehead atoms. The van der Waals surface area contributed by atoms with Crippen LogP contribution in [-0.4, -0.2) is 42.0 Å². The largest absolute Gasteiger partial charge is 0.494 e. The monoisotopic (exact) mass is 584 g/mol. The van der Waals surface area contributed by atoms with Crippen molar-refractivity contribution in [3.63, 3.8) is 0 Å². The maximum absolute atomic E-state index is 13.0. The van der Waals surface area contributed by atoms with Gasteiger partial charge in [0.1, 0.15) is 11.8 Å². The standard InChI is InChI=1S/C34H33ClN2O5/c1-23(27-12-5-7-14-29(27)35)33(39)36-20-9-21-42-26-18-16-24(17-19-26)22-31(34(40)41)37-30-15-8-6-13-28(30)32(38)25-10-3-2-4-11-25/h2-8,10-19,23,31,37H,9,20-22H2,1H3,(H,36,39)(H,40,41). The number of amides is 1. The fraction of sp³-hybridized carbons (Fsp3) is 0.206. The van der Waals surface area contributed by atoms with Crippen LogP contribution >= 0.6 is 11.6 Å². The molecule has 0 saturated heterocycles. The van der Waals surface area contributed by atoms with E-state index in [1.807, 2.05) is 43.3 Å². The van der Waals surface area contributed by atoms with E-state index in [0.29, 0.717) is 47.2 Å². The number of para-hydroxylation sites is 1. The summed E-state index contributed by atoms with van der Waals surface area (Å²) in [6.07, 6.45) is 0.827. The van der Waals surface area contributed by atoms with E-state index in [-0.39, 0.29) is 24.0 Å². The van der Waals surface area contributed by atoms with E-state index in [1.54, 1.807) is 66.7 Å². The van der Waals surface area contributed by atoms with Crippen molar-refractivity contribution in [2.45, 2.75) is 31.7 Å². The highest BCUT2D eigenvalue weighted by Gasteiger charge is 2.21. The minimum atomic E-state index is -1.02. The predicted octanol–water partition coefficient (Wildman–Crippen LogP) is 6.37. The van der Waals surface area contributed by atoms with E-state index in [1.165, 1.54) is 0 Å². The minimum Gasteiger partial charge on any atom is -0.494 e. The molecular weight excluding hydrogens is 552 g/mol. The number of anilines is 1. The van der Waals surface area contributed by atoms with Crippen LogP contribution < -0.4 is 15.4 Å². The highest BCUT2D eigenvalue weighted by Crippen LogP contribution is 2.24. The number of carboxylic acids is 1. The zero-order chi connectivity index (χ0) is 29.9. The van der Waals surface area contributed by atoms with Gasteiger partial charge in [-0.2, -0.15) is 0 Å². The molecule has 0 spiro atoms. The molecule has 2 atom stereocenters. The molecule has 2 unspecified atom stereocenters. The second-order valence-electron chi connectivity index (χ2n) is 9.86. The van der Waals surface area contributed by atoms with E-state index < -0.39 is 12.0 Å². The number of halogens is 1. The van der Waals surface area contributed by atoms with Gasteiger partial charge in [0.25, 0.3) is 0 Å². The van der Waals surface area contributed by atoms with Crippen LogP contribution in [0.5, 0.6) is 5.75 Å². The van der Waals surface area contributed by atoms with Gasteiger partial charge in [-0.3, -0.25) is 9.59 Å². The molecule has 1 amide bonds. The van der Waals surface area contributed by atoms with Crippen LogP contribution in [0.25, 0.3) is 0 Å². The van der Waals surface area contributed by atoms with Crippen LogP contribution in [-0.2, 0) is 16.0 Å². The Bertz CT molecular complexity index is 1510. The number of carbonyl (C=O) groups excluding carboxylic acids is 2. The summed E-state index contributed by atoms with van der Waals surface area (Å²) in [5.41, 5.74) is 3.00. The van der Waals surface area contributed by atoms with Gasteiger partial charge in [-0.15, -0.1) is 0 Å². The zero-order valence-electron chi connectivity index (χ0n) is 23.3. The molecule has 0 heterocycles. The molecule has 0 fully saturated rings. The topological polar surface area (TPSA) is 105 Å². The number of carbonyl (C=O) groups is 3. The van der Waals surface area contributed by atoms with E-state index >= 15 is 0 Å². The van der Waals surface area contributed by atoms with Crippen molar-refractivity contribution in [3.05, 3.63) is 130 Å².